The van der Waals surface area contributed by atoms with Gasteiger partial charge in [0.05, 0.1) is 11.6 Å². The second-order valence-electron chi connectivity index (χ2n) is 5.20. The van der Waals surface area contributed by atoms with Crippen molar-refractivity contribution in [2.45, 2.75) is 19.1 Å². The largest absolute Gasteiger partial charge is 0.491 e. The highest BCUT2D eigenvalue weighted by Gasteiger charge is 2.30. The molecule has 1 unspecified atom stereocenters. The number of ether oxygens (including phenoxy) is 1. The van der Waals surface area contributed by atoms with E-state index in [4.69, 9.17) is 17.0 Å². The number of alkyl halides is 3. The third kappa shape index (κ3) is 5.73. The Kier molecular flexibility index (Phi) is 6.03. The van der Waals surface area contributed by atoms with Gasteiger partial charge in [-0.15, -0.1) is 0 Å². The lowest BCUT2D eigenvalue weighted by atomic mass is 10.2. The van der Waals surface area contributed by atoms with Gasteiger partial charge in [0, 0.05) is 5.69 Å². The first-order chi connectivity index (χ1) is 11.3. The summed E-state index contributed by atoms with van der Waals surface area (Å²) < 4.78 is 43.6. The van der Waals surface area contributed by atoms with E-state index in [-0.39, 0.29) is 16.8 Å². The molecule has 0 spiro atoms. The number of halogens is 3. The van der Waals surface area contributed by atoms with Gasteiger partial charge in [-0.05, 0) is 49.5 Å². The summed E-state index contributed by atoms with van der Waals surface area (Å²) in [6, 6.07) is 14.1. The summed E-state index contributed by atoms with van der Waals surface area (Å²) in [6.07, 6.45) is -4.39. The minimum absolute atomic E-state index is 0.115. The molecule has 3 nitrogen and oxygen atoms in total. The monoisotopic (exact) mass is 354 g/mol. The van der Waals surface area contributed by atoms with Crippen LogP contribution in [0.3, 0.4) is 0 Å². The fraction of sp³-hybridized carbons (Fsp3) is 0.235. The van der Waals surface area contributed by atoms with Crippen LogP contribution in [0.5, 0.6) is 5.75 Å². The minimum atomic E-state index is -4.39. The average Bonchev–Trinajstić information content (AvgIpc) is 2.53. The van der Waals surface area contributed by atoms with E-state index < -0.39 is 11.7 Å². The van der Waals surface area contributed by atoms with Crippen LogP contribution in [-0.2, 0) is 6.18 Å². The van der Waals surface area contributed by atoms with Crippen LogP contribution in [0, 0.1) is 0 Å². The molecule has 7 heteroatoms. The van der Waals surface area contributed by atoms with E-state index in [2.05, 4.69) is 10.6 Å². The summed E-state index contributed by atoms with van der Waals surface area (Å²) in [4.78, 5) is 0. The maximum atomic E-state index is 12.7. The lowest BCUT2D eigenvalue weighted by Crippen LogP contribution is -2.39. The molecule has 0 bridgehead atoms. The highest BCUT2D eigenvalue weighted by atomic mass is 32.1. The van der Waals surface area contributed by atoms with Crippen molar-refractivity contribution in [1.82, 2.24) is 5.32 Å². The minimum Gasteiger partial charge on any atom is -0.491 e. The molecule has 0 aromatic heterocycles. The van der Waals surface area contributed by atoms with Crippen molar-refractivity contribution in [1.29, 1.82) is 0 Å². The van der Waals surface area contributed by atoms with Crippen LogP contribution in [0.1, 0.15) is 12.5 Å². The fourth-order valence-electron chi connectivity index (χ4n) is 1.94. The van der Waals surface area contributed by atoms with E-state index in [1.54, 1.807) is 0 Å². The number of benzene rings is 2. The third-order valence-electron chi connectivity index (χ3n) is 3.07. The van der Waals surface area contributed by atoms with Crippen molar-refractivity contribution in [2.75, 3.05) is 11.9 Å². The molecule has 24 heavy (non-hydrogen) atoms. The predicted molar refractivity (Wildman–Crippen MR) is 92.2 cm³/mol. The molecule has 2 aromatic rings. The number of para-hydroxylation sites is 1. The standard InChI is InChI=1S/C17H17F3N2OS/c1-12(11-23-15-8-3-2-4-9-15)21-16(24)22-14-7-5-6-13(10-14)17(18,19)20/h2-10,12H,11H2,1H3,(H2,21,22,24). The smallest absolute Gasteiger partial charge is 0.416 e. The Morgan fingerprint density at radius 2 is 1.83 bits per heavy atom. The summed E-state index contributed by atoms with van der Waals surface area (Å²) in [6.45, 7) is 2.23. The van der Waals surface area contributed by atoms with E-state index in [1.807, 2.05) is 37.3 Å². The van der Waals surface area contributed by atoms with E-state index in [9.17, 15) is 13.2 Å². The topological polar surface area (TPSA) is 33.3 Å². The summed E-state index contributed by atoms with van der Waals surface area (Å²) in [5, 5.41) is 5.95. The van der Waals surface area contributed by atoms with Gasteiger partial charge in [0.1, 0.15) is 12.4 Å². The highest BCUT2D eigenvalue weighted by Crippen LogP contribution is 2.30. The van der Waals surface area contributed by atoms with Gasteiger partial charge in [0.2, 0.25) is 0 Å². The maximum absolute atomic E-state index is 12.7. The first-order valence-corrected chi connectivity index (χ1v) is 7.68. The van der Waals surface area contributed by atoms with E-state index in [1.165, 1.54) is 12.1 Å². The van der Waals surface area contributed by atoms with Crippen LogP contribution in [0.2, 0.25) is 0 Å². The van der Waals surface area contributed by atoms with Crippen LogP contribution in [0.25, 0.3) is 0 Å². The van der Waals surface area contributed by atoms with Crippen molar-refractivity contribution in [2.24, 2.45) is 0 Å². The molecule has 0 saturated heterocycles. The summed E-state index contributed by atoms with van der Waals surface area (Å²) in [5.41, 5.74) is -0.450. The molecule has 1 atom stereocenters. The van der Waals surface area contributed by atoms with Crippen molar-refractivity contribution < 1.29 is 17.9 Å². The van der Waals surface area contributed by atoms with Gasteiger partial charge in [-0.2, -0.15) is 13.2 Å². The van der Waals surface area contributed by atoms with Crippen molar-refractivity contribution in [3.05, 3.63) is 60.2 Å². The van der Waals surface area contributed by atoms with E-state index in [0.717, 1.165) is 17.9 Å². The van der Waals surface area contributed by atoms with Crippen molar-refractivity contribution >= 4 is 23.0 Å². The fourth-order valence-corrected chi connectivity index (χ4v) is 2.26. The second kappa shape index (κ2) is 8.01. The number of rotatable bonds is 5. The molecule has 0 aliphatic heterocycles. The van der Waals surface area contributed by atoms with Gasteiger partial charge < -0.3 is 15.4 Å². The molecule has 0 radical (unpaired) electrons. The van der Waals surface area contributed by atoms with Crippen LogP contribution >= 0.6 is 12.2 Å². The zero-order chi connectivity index (χ0) is 17.6. The lowest BCUT2D eigenvalue weighted by Gasteiger charge is -2.18. The zero-order valence-electron chi connectivity index (χ0n) is 12.9. The maximum Gasteiger partial charge on any atom is 0.416 e. The average molecular weight is 354 g/mol. The molecular weight excluding hydrogens is 337 g/mol. The SMILES string of the molecule is CC(COc1ccccc1)NC(=S)Nc1cccc(C(F)(F)F)c1. The molecule has 0 heterocycles. The number of hydrogen-bond donors (Lipinski definition) is 2. The number of nitrogens with one attached hydrogen (secondary N) is 2. The number of hydrogen-bond acceptors (Lipinski definition) is 2. The quantitative estimate of drug-likeness (QED) is 0.777. The van der Waals surface area contributed by atoms with Gasteiger partial charge in [0.25, 0.3) is 0 Å². The first kappa shape index (κ1) is 18.1. The molecular formula is C17H17F3N2OS. The Balaban J connectivity index is 1.84. The Labute approximate surface area is 143 Å². The van der Waals surface area contributed by atoms with Crippen molar-refractivity contribution in [3.63, 3.8) is 0 Å². The van der Waals surface area contributed by atoms with Gasteiger partial charge in [-0.25, -0.2) is 0 Å². The molecule has 0 aliphatic rings. The molecule has 0 fully saturated rings. The highest BCUT2D eigenvalue weighted by molar-refractivity contribution is 7.80. The normalized spacial score (nSPS) is 12.3. The molecule has 0 amide bonds. The second-order valence-corrected chi connectivity index (χ2v) is 5.61. The van der Waals surface area contributed by atoms with Gasteiger partial charge in [-0.3, -0.25) is 0 Å². The van der Waals surface area contributed by atoms with Gasteiger partial charge >= 0.3 is 6.18 Å². The van der Waals surface area contributed by atoms with Crippen LogP contribution in [0.4, 0.5) is 18.9 Å². The first-order valence-electron chi connectivity index (χ1n) is 7.27. The molecule has 0 saturated carbocycles. The van der Waals surface area contributed by atoms with Crippen LogP contribution in [0.15, 0.2) is 54.6 Å². The third-order valence-corrected chi connectivity index (χ3v) is 3.29. The summed E-state index contributed by atoms with van der Waals surface area (Å²) >= 11 is 5.12. The molecule has 0 aliphatic carbocycles. The Hall–Kier alpha value is -2.28. The lowest BCUT2D eigenvalue weighted by molar-refractivity contribution is -0.137. The number of thiocarbonyl (C=S) groups is 1. The summed E-state index contributed by atoms with van der Waals surface area (Å²) in [5.74, 6) is 0.739. The zero-order valence-corrected chi connectivity index (χ0v) is 13.7. The molecule has 128 valence electrons. The van der Waals surface area contributed by atoms with Gasteiger partial charge in [-0.1, -0.05) is 24.3 Å². The van der Waals surface area contributed by atoms with E-state index in [0.29, 0.717) is 6.61 Å². The molecule has 2 N–H and O–H groups in total. The molecule has 2 rings (SSSR count). The summed E-state index contributed by atoms with van der Waals surface area (Å²) in [7, 11) is 0. The van der Waals surface area contributed by atoms with Gasteiger partial charge in [0.15, 0.2) is 5.11 Å². The van der Waals surface area contributed by atoms with Crippen LogP contribution in [-0.4, -0.2) is 17.8 Å². The Morgan fingerprint density at radius 3 is 2.50 bits per heavy atom. The van der Waals surface area contributed by atoms with Crippen LogP contribution < -0.4 is 15.4 Å². The molecule has 2 aromatic carbocycles. The Morgan fingerprint density at radius 1 is 1.12 bits per heavy atom. The predicted octanol–water partition coefficient (Wildman–Crippen LogP) is 4.46. The Bertz CT molecular complexity index is 677. The van der Waals surface area contributed by atoms with Crippen molar-refractivity contribution in [3.8, 4) is 5.75 Å². The number of anilines is 1. The van der Waals surface area contributed by atoms with E-state index >= 15 is 0 Å².